The van der Waals surface area contributed by atoms with Gasteiger partial charge in [0.2, 0.25) is 0 Å². The highest BCUT2D eigenvalue weighted by molar-refractivity contribution is 9.10. The van der Waals surface area contributed by atoms with E-state index in [9.17, 15) is 9.90 Å². The van der Waals surface area contributed by atoms with Gasteiger partial charge in [0.25, 0.3) is 5.91 Å². The largest absolute Gasteiger partial charge is 0.490 e. The number of carbonyl (C=O) groups excluding carboxylic acids is 1. The predicted octanol–water partition coefficient (Wildman–Crippen LogP) is 2.20. The SMILES string of the molecule is CCOc1cc(CO)cc(Br)c1OC(C)C(=O)N(C)C. The van der Waals surface area contributed by atoms with Crippen LogP contribution in [0.3, 0.4) is 0 Å². The van der Waals surface area contributed by atoms with Crippen molar-refractivity contribution in [1.82, 2.24) is 4.90 Å². The minimum Gasteiger partial charge on any atom is -0.490 e. The molecule has 1 aromatic rings. The summed E-state index contributed by atoms with van der Waals surface area (Å²) in [5.41, 5.74) is 0.708. The number of aliphatic hydroxyl groups is 1. The molecule has 0 saturated heterocycles. The van der Waals surface area contributed by atoms with Crippen LogP contribution in [-0.2, 0) is 11.4 Å². The van der Waals surface area contributed by atoms with Crippen molar-refractivity contribution in [2.45, 2.75) is 26.6 Å². The van der Waals surface area contributed by atoms with Crippen molar-refractivity contribution < 1.29 is 19.4 Å². The Bertz CT molecular complexity index is 476. The summed E-state index contributed by atoms with van der Waals surface area (Å²) in [7, 11) is 3.35. The van der Waals surface area contributed by atoms with Crippen molar-refractivity contribution >= 4 is 21.8 Å². The molecule has 112 valence electrons. The normalized spacial score (nSPS) is 11.9. The lowest BCUT2D eigenvalue weighted by Gasteiger charge is -2.21. The van der Waals surface area contributed by atoms with E-state index in [1.54, 1.807) is 33.2 Å². The molecule has 0 aliphatic carbocycles. The number of carbonyl (C=O) groups is 1. The van der Waals surface area contributed by atoms with Gasteiger partial charge in [-0.25, -0.2) is 0 Å². The molecule has 1 aromatic carbocycles. The number of hydrogen-bond donors (Lipinski definition) is 1. The first-order valence-corrected chi connectivity index (χ1v) is 7.13. The van der Waals surface area contributed by atoms with Gasteiger partial charge in [0.05, 0.1) is 17.7 Å². The zero-order chi connectivity index (χ0) is 15.3. The quantitative estimate of drug-likeness (QED) is 0.858. The number of rotatable bonds is 6. The number of halogens is 1. The summed E-state index contributed by atoms with van der Waals surface area (Å²) in [4.78, 5) is 13.3. The molecule has 1 N–H and O–H groups in total. The molecule has 1 amide bonds. The Kier molecular flexibility index (Phi) is 6.29. The standard InChI is InChI=1S/C14H20BrNO4/c1-5-19-12-7-10(8-17)6-11(15)13(12)20-9(2)14(18)16(3)4/h6-7,9,17H,5,8H2,1-4H3. The van der Waals surface area contributed by atoms with E-state index in [0.29, 0.717) is 28.1 Å². The summed E-state index contributed by atoms with van der Waals surface area (Å²) in [5, 5.41) is 9.21. The minimum atomic E-state index is -0.625. The van der Waals surface area contributed by atoms with Gasteiger partial charge in [0.15, 0.2) is 17.6 Å². The Morgan fingerprint density at radius 1 is 1.45 bits per heavy atom. The topological polar surface area (TPSA) is 59.0 Å². The van der Waals surface area contributed by atoms with Crippen LogP contribution in [0.15, 0.2) is 16.6 Å². The third-order valence-electron chi connectivity index (χ3n) is 2.63. The monoisotopic (exact) mass is 345 g/mol. The first-order valence-electron chi connectivity index (χ1n) is 6.34. The van der Waals surface area contributed by atoms with Crippen molar-refractivity contribution in [2.24, 2.45) is 0 Å². The third kappa shape index (κ3) is 4.11. The minimum absolute atomic E-state index is 0.0921. The maximum Gasteiger partial charge on any atom is 0.262 e. The summed E-state index contributed by atoms with van der Waals surface area (Å²) >= 11 is 3.38. The van der Waals surface area contributed by atoms with Crippen LogP contribution >= 0.6 is 15.9 Å². The van der Waals surface area contributed by atoms with Gasteiger partial charge < -0.3 is 19.5 Å². The second-order valence-corrected chi connectivity index (χ2v) is 5.34. The van der Waals surface area contributed by atoms with E-state index in [0.717, 1.165) is 0 Å². The lowest BCUT2D eigenvalue weighted by atomic mass is 10.2. The second-order valence-electron chi connectivity index (χ2n) is 4.49. The Labute approximate surface area is 127 Å². The van der Waals surface area contributed by atoms with Crippen LogP contribution in [0.1, 0.15) is 19.4 Å². The zero-order valence-electron chi connectivity index (χ0n) is 12.1. The molecule has 1 rings (SSSR count). The van der Waals surface area contributed by atoms with Crippen LogP contribution in [0.2, 0.25) is 0 Å². The second kappa shape index (κ2) is 7.50. The van der Waals surface area contributed by atoms with Crippen molar-refractivity contribution in [1.29, 1.82) is 0 Å². The number of amides is 1. The van der Waals surface area contributed by atoms with E-state index in [2.05, 4.69) is 15.9 Å². The van der Waals surface area contributed by atoms with E-state index >= 15 is 0 Å². The van der Waals surface area contributed by atoms with Gasteiger partial charge >= 0.3 is 0 Å². The zero-order valence-corrected chi connectivity index (χ0v) is 13.7. The highest BCUT2D eigenvalue weighted by Crippen LogP contribution is 2.37. The fraction of sp³-hybridized carbons (Fsp3) is 0.500. The molecule has 6 heteroatoms. The fourth-order valence-electron chi connectivity index (χ4n) is 1.68. The first-order chi connectivity index (χ1) is 9.40. The fourth-order valence-corrected chi connectivity index (χ4v) is 2.26. The Morgan fingerprint density at radius 2 is 2.10 bits per heavy atom. The molecule has 0 aliphatic heterocycles. The van der Waals surface area contributed by atoms with Crippen molar-refractivity contribution in [3.63, 3.8) is 0 Å². The van der Waals surface area contributed by atoms with Crippen molar-refractivity contribution in [2.75, 3.05) is 20.7 Å². The van der Waals surface area contributed by atoms with Gasteiger partial charge in [-0.1, -0.05) is 0 Å². The van der Waals surface area contributed by atoms with E-state index < -0.39 is 6.10 Å². The molecule has 0 radical (unpaired) electrons. The first kappa shape index (κ1) is 16.8. The van der Waals surface area contributed by atoms with Gasteiger partial charge in [-0.2, -0.15) is 0 Å². The molecule has 5 nitrogen and oxygen atoms in total. The molecule has 1 unspecified atom stereocenters. The van der Waals surface area contributed by atoms with E-state index in [4.69, 9.17) is 9.47 Å². The molecule has 0 bridgehead atoms. The molecule has 0 aliphatic rings. The van der Waals surface area contributed by atoms with Gasteiger partial charge in [-0.05, 0) is 47.5 Å². The molecule has 0 aromatic heterocycles. The number of nitrogens with zero attached hydrogens (tertiary/aromatic N) is 1. The van der Waals surface area contributed by atoms with Gasteiger partial charge in [-0.3, -0.25) is 4.79 Å². The van der Waals surface area contributed by atoms with Gasteiger partial charge in [0, 0.05) is 14.1 Å². The van der Waals surface area contributed by atoms with Crippen LogP contribution in [-0.4, -0.2) is 42.7 Å². The number of hydrogen-bond acceptors (Lipinski definition) is 4. The van der Waals surface area contributed by atoms with E-state index in [1.165, 1.54) is 4.90 Å². The number of aliphatic hydroxyl groups excluding tert-OH is 1. The van der Waals surface area contributed by atoms with Gasteiger partial charge in [-0.15, -0.1) is 0 Å². The molecule has 20 heavy (non-hydrogen) atoms. The lowest BCUT2D eigenvalue weighted by Crippen LogP contribution is -2.35. The predicted molar refractivity (Wildman–Crippen MR) is 80.0 cm³/mol. The molecule has 0 fully saturated rings. The highest BCUT2D eigenvalue weighted by Gasteiger charge is 2.21. The highest BCUT2D eigenvalue weighted by atomic mass is 79.9. The Morgan fingerprint density at radius 3 is 2.60 bits per heavy atom. The van der Waals surface area contributed by atoms with Crippen LogP contribution in [0.5, 0.6) is 11.5 Å². The van der Waals surface area contributed by atoms with Crippen LogP contribution in [0.4, 0.5) is 0 Å². The van der Waals surface area contributed by atoms with E-state index in [-0.39, 0.29) is 12.5 Å². The van der Waals surface area contributed by atoms with E-state index in [1.807, 2.05) is 6.92 Å². The lowest BCUT2D eigenvalue weighted by molar-refractivity contribution is -0.135. The molecule has 0 saturated carbocycles. The number of likely N-dealkylation sites (N-methyl/N-ethyl adjacent to an activating group) is 1. The van der Waals surface area contributed by atoms with Crippen molar-refractivity contribution in [3.05, 3.63) is 22.2 Å². The maximum absolute atomic E-state index is 11.9. The summed E-state index contributed by atoms with van der Waals surface area (Å²) in [6.45, 7) is 3.92. The smallest absolute Gasteiger partial charge is 0.262 e. The molecule has 1 atom stereocenters. The van der Waals surface area contributed by atoms with Gasteiger partial charge in [0.1, 0.15) is 0 Å². The molecular formula is C14H20BrNO4. The average molecular weight is 346 g/mol. The molecular weight excluding hydrogens is 326 g/mol. The maximum atomic E-state index is 11.9. The van der Waals surface area contributed by atoms with Crippen LogP contribution < -0.4 is 9.47 Å². The van der Waals surface area contributed by atoms with Crippen LogP contribution in [0, 0.1) is 0 Å². The Hall–Kier alpha value is -1.27. The number of benzene rings is 1. The third-order valence-corrected chi connectivity index (χ3v) is 3.22. The Balaban J connectivity index is 3.06. The summed E-state index contributed by atoms with van der Waals surface area (Å²) < 4.78 is 11.9. The van der Waals surface area contributed by atoms with Crippen LogP contribution in [0.25, 0.3) is 0 Å². The molecule has 0 spiro atoms. The summed E-state index contributed by atoms with van der Waals surface area (Å²) in [6, 6.07) is 3.45. The number of ether oxygens (including phenoxy) is 2. The van der Waals surface area contributed by atoms with Crippen molar-refractivity contribution in [3.8, 4) is 11.5 Å². The summed E-state index contributed by atoms with van der Waals surface area (Å²) in [6.07, 6.45) is -0.625. The summed E-state index contributed by atoms with van der Waals surface area (Å²) in [5.74, 6) is 0.835. The molecule has 0 heterocycles. The average Bonchev–Trinajstić information content (AvgIpc) is 2.41.